The van der Waals surface area contributed by atoms with Crippen molar-refractivity contribution in [3.8, 4) is 0 Å². The Bertz CT molecular complexity index is 361. The van der Waals surface area contributed by atoms with Crippen molar-refractivity contribution >= 4 is 21.3 Å². The van der Waals surface area contributed by atoms with Crippen molar-refractivity contribution in [2.45, 2.75) is 34.1 Å². The Morgan fingerprint density at radius 3 is 2.07 bits per heavy atom. The van der Waals surface area contributed by atoms with Gasteiger partial charge in [0.2, 0.25) is 0 Å². The molecule has 0 radical (unpaired) electrons. The number of hydrogen-bond donors (Lipinski definition) is 1. The van der Waals surface area contributed by atoms with Crippen LogP contribution in [0.5, 0.6) is 0 Å². The zero-order chi connectivity index (χ0) is 12.3. The van der Waals surface area contributed by atoms with Crippen LogP contribution in [-0.4, -0.2) is 32.0 Å². The SMILES string of the molecule is CCC(=N)/C(=N\CS(C)(=O)=O)C(C)(C)C. The predicted molar refractivity (Wildman–Crippen MR) is 64.6 cm³/mol. The number of rotatable bonds is 4. The molecule has 0 amide bonds. The molecular weight excluding hydrogens is 212 g/mol. The number of nitrogens with one attached hydrogen (secondary N) is 1. The van der Waals surface area contributed by atoms with E-state index in [1.165, 1.54) is 0 Å². The van der Waals surface area contributed by atoms with Crippen molar-refractivity contribution in [1.82, 2.24) is 0 Å². The summed E-state index contributed by atoms with van der Waals surface area (Å²) in [5.74, 6) is -0.234. The molecule has 4 nitrogen and oxygen atoms in total. The molecule has 5 heteroatoms. The van der Waals surface area contributed by atoms with E-state index < -0.39 is 9.84 Å². The van der Waals surface area contributed by atoms with E-state index in [4.69, 9.17) is 5.41 Å². The lowest BCUT2D eigenvalue weighted by atomic mass is 9.86. The highest BCUT2D eigenvalue weighted by Gasteiger charge is 2.22. The second-order valence-corrected chi connectivity index (χ2v) is 6.75. The summed E-state index contributed by atoms with van der Waals surface area (Å²) in [4.78, 5) is 4.04. The second kappa shape index (κ2) is 4.88. The zero-order valence-electron chi connectivity index (χ0n) is 10.1. The fraction of sp³-hybridized carbons (Fsp3) is 0.800. The highest BCUT2D eigenvalue weighted by atomic mass is 32.2. The highest BCUT2D eigenvalue weighted by molar-refractivity contribution is 7.90. The number of hydrogen-bond acceptors (Lipinski definition) is 4. The number of sulfone groups is 1. The maximum Gasteiger partial charge on any atom is 0.167 e. The van der Waals surface area contributed by atoms with E-state index >= 15 is 0 Å². The van der Waals surface area contributed by atoms with E-state index in [0.29, 0.717) is 17.8 Å². The Kier molecular flexibility index (Phi) is 4.65. The molecule has 0 spiro atoms. The first-order valence-electron chi connectivity index (χ1n) is 4.88. The first-order chi connectivity index (χ1) is 6.58. The van der Waals surface area contributed by atoms with Gasteiger partial charge in [-0.15, -0.1) is 0 Å². The molecule has 0 aliphatic carbocycles. The van der Waals surface area contributed by atoms with Gasteiger partial charge in [0.25, 0.3) is 0 Å². The maximum absolute atomic E-state index is 11.0. The van der Waals surface area contributed by atoms with Crippen molar-refractivity contribution < 1.29 is 8.42 Å². The van der Waals surface area contributed by atoms with Gasteiger partial charge in [-0.05, 0) is 6.42 Å². The van der Waals surface area contributed by atoms with Crippen LogP contribution in [0.1, 0.15) is 34.1 Å². The van der Waals surface area contributed by atoms with E-state index in [1.54, 1.807) is 0 Å². The molecule has 0 rings (SSSR count). The standard InChI is InChI=1S/C10H20N2O2S/c1-6-8(11)9(10(2,3)4)12-7-15(5,13)14/h11H,6-7H2,1-5H3/b11-8?,12-9+. The Hall–Kier alpha value is -0.710. The number of nitrogens with zero attached hydrogens (tertiary/aromatic N) is 1. The predicted octanol–water partition coefficient (Wildman–Crippen LogP) is 1.91. The zero-order valence-corrected chi connectivity index (χ0v) is 10.9. The minimum absolute atomic E-state index is 0.234. The fourth-order valence-corrected chi connectivity index (χ4v) is 1.50. The van der Waals surface area contributed by atoms with E-state index in [2.05, 4.69) is 4.99 Å². The average molecular weight is 232 g/mol. The Morgan fingerprint density at radius 1 is 1.33 bits per heavy atom. The normalized spacial score (nSPS) is 14.1. The van der Waals surface area contributed by atoms with Gasteiger partial charge in [0, 0.05) is 11.7 Å². The molecule has 0 fully saturated rings. The topological polar surface area (TPSA) is 70.3 Å². The molecule has 0 aromatic heterocycles. The minimum Gasteiger partial charge on any atom is -0.303 e. The summed E-state index contributed by atoms with van der Waals surface area (Å²) in [7, 11) is -3.11. The molecule has 0 aromatic carbocycles. The molecule has 15 heavy (non-hydrogen) atoms. The molecule has 0 unspecified atom stereocenters. The van der Waals surface area contributed by atoms with Gasteiger partial charge in [-0.2, -0.15) is 0 Å². The first-order valence-corrected chi connectivity index (χ1v) is 6.94. The van der Waals surface area contributed by atoms with Crippen LogP contribution in [0, 0.1) is 10.8 Å². The Balaban J connectivity index is 5.05. The Morgan fingerprint density at radius 2 is 1.80 bits per heavy atom. The maximum atomic E-state index is 11.0. The fourth-order valence-electron chi connectivity index (χ4n) is 1.13. The molecule has 0 aromatic rings. The molecule has 0 heterocycles. The molecule has 0 aliphatic rings. The summed E-state index contributed by atoms with van der Waals surface area (Å²) in [6, 6.07) is 0. The van der Waals surface area contributed by atoms with Gasteiger partial charge in [-0.25, -0.2) is 8.42 Å². The van der Waals surface area contributed by atoms with Crippen molar-refractivity contribution in [2.24, 2.45) is 10.4 Å². The molecule has 0 bridgehead atoms. The van der Waals surface area contributed by atoms with Crippen LogP contribution in [0.4, 0.5) is 0 Å². The second-order valence-electron chi connectivity index (χ2n) is 4.64. The van der Waals surface area contributed by atoms with Gasteiger partial charge in [0.1, 0.15) is 5.88 Å². The van der Waals surface area contributed by atoms with Crippen molar-refractivity contribution in [2.75, 3.05) is 12.1 Å². The largest absolute Gasteiger partial charge is 0.303 e. The summed E-state index contributed by atoms with van der Waals surface area (Å²) in [6.07, 6.45) is 1.71. The average Bonchev–Trinajstić information content (AvgIpc) is 1.99. The van der Waals surface area contributed by atoms with Gasteiger partial charge >= 0.3 is 0 Å². The van der Waals surface area contributed by atoms with Gasteiger partial charge < -0.3 is 5.41 Å². The lowest BCUT2D eigenvalue weighted by Crippen LogP contribution is -2.29. The van der Waals surface area contributed by atoms with Crippen LogP contribution in [0.3, 0.4) is 0 Å². The molecule has 0 aliphatic heterocycles. The van der Waals surface area contributed by atoms with Crippen molar-refractivity contribution in [3.05, 3.63) is 0 Å². The van der Waals surface area contributed by atoms with Crippen LogP contribution in [-0.2, 0) is 9.84 Å². The molecular formula is C10H20N2O2S. The smallest absolute Gasteiger partial charge is 0.167 e. The summed E-state index contributed by atoms with van der Waals surface area (Å²) in [6.45, 7) is 7.65. The first kappa shape index (κ1) is 14.3. The lowest BCUT2D eigenvalue weighted by Gasteiger charge is -2.21. The summed E-state index contributed by atoms with van der Waals surface area (Å²) < 4.78 is 22.0. The van der Waals surface area contributed by atoms with Crippen LogP contribution in [0.2, 0.25) is 0 Å². The third-order valence-electron chi connectivity index (χ3n) is 1.81. The van der Waals surface area contributed by atoms with Crippen LogP contribution >= 0.6 is 0 Å². The quantitative estimate of drug-likeness (QED) is 0.752. The summed E-state index contributed by atoms with van der Waals surface area (Å²) >= 11 is 0. The molecule has 1 N–H and O–H groups in total. The van der Waals surface area contributed by atoms with E-state index in [0.717, 1.165) is 6.26 Å². The number of aliphatic imine (C=N–C) groups is 1. The third kappa shape index (κ3) is 5.67. The van der Waals surface area contributed by atoms with E-state index in [9.17, 15) is 8.42 Å². The van der Waals surface area contributed by atoms with Crippen molar-refractivity contribution in [1.29, 1.82) is 5.41 Å². The van der Waals surface area contributed by atoms with E-state index in [1.807, 2.05) is 27.7 Å². The van der Waals surface area contributed by atoms with Crippen LogP contribution in [0.25, 0.3) is 0 Å². The van der Waals surface area contributed by atoms with Crippen LogP contribution < -0.4 is 0 Å². The van der Waals surface area contributed by atoms with Gasteiger partial charge in [0.05, 0.1) is 11.4 Å². The van der Waals surface area contributed by atoms with Crippen molar-refractivity contribution in [3.63, 3.8) is 0 Å². The highest BCUT2D eigenvalue weighted by Crippen LogP contribution is 2.18. The Labute approximate surface area is 92.2 Å². The van der Waals surface area contributed by atoms with E-state index in [-0.39, 0.29) is 11.3 Å². The molecule has 0 saturated carbocycles. The third-order valence-corrected chi connectivity index (χ3v) is 2.41. The van der Waals surface area contributed by atoms with Crippen LogP contribution in [0.15, 0.2) is 4.99 Å². The van der Waals surface area contributed by atoms with Gasteiger partial charge in [-0.3, -0.25) is 4.99 Å². The van der Waals surface area contributed by atoms with Gasteiger partial charge in [-0.1, -0.05) is 27.7 Å². The molecule has 0 atom stereocenters. The summed E-state index contributed by atoms with van der Waals surface area (Å²) in [5.41, 5.74) is 0.708. The minimum atomic E-state index is -3.11. The lowest BCUT2D eigenvalue weighted by molar-refractivity contribution is 0.591. The molecule has 88 valence electrons. The monoisotopic (exact) mass is 232 g/mol. The summed E-state index contributed by atoms with van der Waals surface area (Å²) in [5, 5.41) is 7.73. The van der Waals surface area contributed by atoms with Gasteiger partial charge in [0.15, 0.2) is 9.84 Å². The molecule has 0 saturated heterocycles.